The van der Waals surface area contributed by atoms with Gasteiger partial charge in [-0.1, -0.05) is 5.16 Å². The number of halogens is 1. The zero-order chi connectivity index (χ0) is 20.7. The lowest BCUT2D eigenvalue weighted by Crippen LogP contribution is -2.46. The van der Waals surface area contributed by atoms with Crippen LogP contribution in [0.3, 0.4) is 0 Å². The Morgan fingerprint density at radius 3 is 2.72 bits per heavy atom. The van der Waals surface area contributed by atoms with Crippen LogP contribution in [0, 0.1) is 5.82 Å². The van der Waals surface area contributed by atoms with Crippen molar-refractivity contribution < 1.29 is 33.1 Å². The van der Waals surface area contributed by atoms with Crippen LogP contribution in [0.15, 0.2) is 10.6 Å². The Morgan fingerprint density at radius 2 is 2.07 bits per heavy atom. The molecule has 1 amide bonds. The van der Waals surface area contributed by atoms with E-state index in [1.165, 1.54) is 11.0 Å². The quantitative estimate of drug-likeness (QED) is 0.752. The normalized spacial score (nSPS) is 25.0. The fourth-order valence-corrected chi connectivity index (χ4v) is 4.06. The van der Waals surface area contributed by atoms with Crippen LogP contribution >= 0.6 is 0 Å². The number of ether oxygens (including phenoxy) is 2. The highest BCUT2D eigenvalue weighted by Crippen LogP contribution is 2.38. The summed E-state index contributed by atoms with van der Waals surface area (Å²) in [7, 11) is 0. The molecule has 156 valence electrons. The number of benzene rings is 1. The van der Waals surface area contributed by atoms with Gasteiger partial charge in [-0.15, -0.1) is 0 Å². The van der Waals surface area contributed by atoms with Gasteiger partial charge in [-0.2, -0.15) is 0 Å². The minimum absolute atomic E-state index is 0.0678. The van der Waals surface area contributed by atoms with Crippen LogP contribution in [0.5, 0.6) is 0 Å². The average molecular weight is 407 g/mol. The Morgan fingerprint density at radius 1 is 1.34 bits per heavy atom. The summed E-state index contributed by atoms with van der Waals surface area (Å²) in [6.45, 7) is 4.54. The summed E-state index contributed by atoms with van der Waals surface area (Å²) in [5.41, 5.74) is 0.120. The summed E-state index contributed by atoms with van der Waals surface area (Å²) in [6, 6.07) is 1.02. The Labute approximate surface area is 165 Å². The molecule has 2 saturated heterocycles. The molecule has 0 spiro atoms. The van der Waals surface area contributed by atoms with Crippen LogP contribution in [0.1, 0.15) is 30.6 Å². The molecule has 2 aromatic rings. The number of rotatable bonds is 5. The van der Waals surface area contributed by atoms with Crippen molar-refractivity contribution >= 4 is 34.9 Å². The summed E-state index contributed by atoms with van der Waals surface area (Å²) in [4.78, 5) is 27.0. The molecular weight excluding hydrogens is 385 g/mol. The third kappa shape index (κ3) is 3.32. The third-order valence-corrected chi connectivity index (χ3v) is 5.20. The first-order valence-corrected chi connectivity index (χ1v) is 9.48. The lowest BCUT2D eigenvalue weighted by Gasteiger charge is -2.37. The highest BCUT2D eigenvalue weighted by molar-refractivity contribution is 6.03. The van der Waals surface area contributed by atoms with Gasteiger partial charge in [-0.3, -0.25) is 9.69 Å². The highest BCUT2D eigenvalue weighted by Gasteiger charge is 2.38. The standard InChI is InChI=1S/C19H22FN3O6/c1-10-6-22(7-11(2)28-10)16-12(8-25)5-14-17(15(16)20)29-21-18(14)23-13(3-4-24)9-27-19(23)26/h5,8,10-11,13,24H,3-4,6-7,9H2,1-2H3/t10-,11-,13?/m1/s1. The molecule has 0 bridgehead atoms. The number of amides is 1. The molecule has 2 fully saturated rings. The van der Waals surface area contributed by atoms with Crippen LogP contribution < -0.4 is 9.80 Å². The molecule has 4 rings (SSSR count). The third-order valence-electron chi connectivity index (χ3n) is 5.20. The molecule has 0 radical (unpaired) electrons. The lowest BCUT2D eigenvalue weighted by molar-refractivity contribution is -0.00543. The van der Waals surface area contributed by atoms with E-state index in [4.69, 9.17) is 14.0 Å². The molecular formula is C19H22FN3O6. The molecule has 2 aliphatic heterocycles. The van der Waals surface area contributed by atoms with Gasteiger partial charge in [0.15, 0.2) is 17.9 Å². The van der Waals surface area contributed by atoms with Gasteiger partial charge in [0, 0.05) is 25.3 Å². The zero-order valence-corrected chi connectivity index (χ0v) is 16.1. The minimum atomic E-state index is -0.712. The maximum Gasteiger partial charge on any atom is 0.416 e. The number of morpholine rings is 1. The van der Waals surface area contributed by atoms with Gasteiger partial charge < -0.3 is 24.0 Å². The van der Waals surface area contributed by atoms with Gasteiger partial charge in [0.25, 0.3) is 0 Å². The number of aliphatic hydroxyl groups excluding tert-OH is 1. The first kappa shape index (κ1) is 19.6. The SMILES string of the molecule is C[C@@H]1CN(c2c(C=O)cc3c(N4C(=O)OCC4CCO)noc3c2F)C[C@@H](C)O1. The number of aromatic nitrogens is 1. The predicted molar refractivity (Wildman–Crippen MR) is 101 cm³/mol. The monoisotopic (exact) mass is 407 g/mol. The maximum absolute atomic E-state index is 15.4. The zero-order valence-electron chi connectivity index (χ0n) is 16.1. The molecule has 1 unspecified atom stereocenters. The molecule has 3 heterocycles. The van der Waals surface area contributed by atoms with Crippen molar-refractivity contribution in [1.82, 2.24) is 5.16 Å². The van der Waals surface area contributed by atoms with Crippen molar-refractivity contribution in [2.75, 3.05) is 36.1 Å². The number of hydrogen-bond acceptors (Lipinski definition) is 8. The molecule has 29 heavy (non-hydrogen) atoms. The molecule has 1 aromatic carbocycles. The summed E-state index contributed by atoms with van der Waals surface area (Å²) < 4.78 is 31.4. The Balaban J connectivity index is 1.81. The average Bonchev–Trinajstić information content (AvgIpc) is 3.24. The largest absolute Gasteiger partial charge is 0.447 e. The molecule has 0 saturated carbocycles. The topological polar surface area (TPSA) is 105 Å². The van der Waals surface area contributed by atoms with E-state index in [2.05, 4.69) is 5.16 Å². The van der Waals surface area contributed by atoms with E-state index in [0.717, 1.165) is 0 Å². The van der Waals surface area contributed by atoms with Gasteiger partial charge in [0.2, 0.25) is 5.58 Å². The van der Waals surface area contributed by atoms with Gasteiger partial charge >= 0.3 is 6.09 Å². The molecule has 9 nitrogen and oxygen atoms in total. The molecule has 2 aliphatic rings. The lowest BCUT2D eigenvalue weighted by atomic mass is 10.1. The van der Waals surface area contributed by atoms with E-state index in [9.17, 15) is 14.7 Å². The molecule has 1 N–H and O–H groups in total. The molecule has 10 heteroatoms. The van der Waals surface area contributed by atoms with Crippen LogP contribution in [0.2, 0.25) is 0 Å². The molecule has 3 atom stereocenters. The van der Waals surface area contributed by atoms with E-state index >= 15 is 4.39 Å². The predicted octanol–water partition coefficient (Wildman–Crippen LogP) is 2.10. The second kappa shape index (κ2) is 7.60. The Bertz CT molecular complexity index is 938. The van der Waals surface area contributed by atoms with E-state index in [-0.39, 0.29) is 59.9 Å². The van der Waals surface area contributed by atoms with Gasteiger partial charge in [0.1, 0.15) is 6.61 Å². The van der Waals surface area contributed by atoms with E-state index in [1.807, 2.05) is 13.8 Å². The van der Waals surface area contributed by atoms with Gasteiger partial charge in [-0.05, 0) is 26.3 Å². The van der Waals surface area contributed by atoms with Crippen molar-refractivity contribution in [2.45, 2.75) is 38.5 Å². The van der Waals surface area contributed by atoms with Gasteiger partial charge in [-0.25, -0.2) is 9.18 Å². The van der Waals surface area contributed by atoms with E-state index in [1.54, 1.807) is 4.90 Å². The van der Waals surface area contributed by atoms with Crippen molar-refractivity contribution in [3.63, 3.8) is 0 Å². The Hall–Kier alpha value is -2.72. The maximum atomic E-state index is 15.4. The second-order valence-corrected chi connectivity index (χ2v) is 7.40. The van der Waals surface area contributed by atoms with Crippen LogP contribution in [-0.4, -0.2) is 67.2 Å². The first-order chi connectivity index (χ1) is 13.9. The summed E-state index contributed by atoms with van der Waals surface area (Å²) in [5, 5.41) is 13.3. The summed E-state index contributed by atoms with van der Waals surface area (Å²) in [6.07, 6.45) is -0.0707. The molecule has 1 aromatic heterocycles. The number of anilines is 2. The van der Waals surface area contributed by atoms with Crippen LogP contribution in [-0.2, 0) is 9.47 Å². The smallest absolute Gasteiger partial charge is 0.416 e. The number of cyclic esters (lactones) is 1. The number of carbonyl (C=O) groups is 2. The van der Waals surface area contributed by atoms with Crippen molar-refractivity contribution in [2.24, 2.45) is 0 Å². The number of nitrogens with zero attached hydrogens (tertiary/aromatic N) is 3. The number of hydrogen-bond donors (Lipinski definition) is 1. The number of carbonyl (C=O) groups excluding carboxylic acids is 2. The van der Waals surface area contributed by atoms with E-state index in [0.29, 0.717) is 19.4 Å². The minimum Gasteiger partial charge on any atom is -0.447 e. The van der Waals surface area contributed by atoms with Crippen LogP contribution in [0.4, 0.5) is 20.7 Å². The number of aliphatic hydroxyl groups is 1. The van der Waals surface area contributed by atoms with Crippen LogP contribution in [0.25, 0.3) is 11.0 Å². The number of aldehydes is 1. The van der Waals surface area contributed by atoms with Crippen molar-refractivity contribution in [3.05, 3.63) is 17.4 Å². The summed E-state index contributed by atoms with van der Waals surface area (Å²) >= 11 is 0. The Kier molecular flexibility index (Phi) is 5.13. The fourth-order valence-electron chi connectivity index (χ4n) is 4.06. The molecule has 0 aliphatic carbocycles. The fraction of sp³-hybridized carbons (Fsp3) is 0.526. The van der Waals surface area contributed by atoms with Crippen molar-refractivity contribution in [3.8, 4) is 0 Å². The highest BCUT2D eigenvalue weighted by atomic mass is 19.1. The van der Waals surface area contributed by atoms with Gasteiger partial charge in [0.05, 0.1) is 29.3 Å². The van der Waals surface area contributed by atoms with Crippen molar-refractivity contribution in [1.29, 1.82) is 0 Å². The first-order valence-electron chi connectivity index (χ1n) is 9.48. The van der Waals surface area contributed by atoms with E-state index < -0.39 is 18.0 Å². The second-order valence-electron chi connectivity index (χ2n) is 7.40. The summed E-state index contributed by atoms with van der Waals surface area (Å²) in [5.74, 6) is -0.644. The number of fused-ring (bicyclic) bond motifs is 1.